The minimum Gasteiger partial charge on any atom is -0.478 e. The molecule has 0 fully saturated rings. The Morgan fingerprint density at radius 2 is 1.74 bits per heavy atom. The second-order valence-electron chi connectivity index (χ2n) is 4.38. The average Bonchev–Trinajstić information content (AvgIpc) is 2.49. The van der Waals surface area contributed by atoms with Crippen LogP contribution in [0.5, 0.6) is 0 Å². The SMILES string of the molecule is O=C(Nc1ccc([N+](=O)[O-])cc1)Nc1ccc(I)cc1C(=O)O. The molecule has 0 saturated carbocycles. The standard InChI is InChI=1S/C14H10IN3O5/c15-8-1-6-12(11(7-8)13(19)20)17-14(21)16-9-2-4-10(5-3-9)18(22)23/h1-7H,(H,19,20)(H2,16,17,21). The molecule has 2 rings (SSSR count). The second kappa shape index (κ2) is 7.05. The first-order chi connectivity index (χ1) is 10.9. The van der Waals surface area contributed by atoms with Crippen molar-refractivity contribution in [1.82, 2.24) is 0 Å². The predicted molar refractivity (Wildman–Crippen MR) is 91.9 cm³/mol. The number of carbonyl (C=O) groups excluding carboxylic acids is 1. The van der Waals surface area contributed by atoms with Crippen molar-refractivity contribution in [3.05, 3.63) is 61.7 Å². The van der Waals surface area contributed by atoms with Gasteiger partial charge in [0.2, 0.25) is 0 Å². The molecule has 0 bridgehead atoms. The summed E-state index contributed by atoms with van der Waals surface area (Å²) in [5.41, 5.74) is 0.366. The summed E-state index contributed by atoms with van der Waals surface area (Å²) in [5, 5.41) is 24.6. The molecule has 118 valence electrons. The van der Waals surface area contributed by atoms with Crippen molar-refractivity contribution in [2.45, 2.75) is 0 Å². The van der Waals surface area contributed by atoms with E-state index in [0.717, 1.165) is 3.57 Å². The zero-order valence-electron chi connectivity index (χ0n) is 11.4. The van der Waals surface area contributed by atoms with Crippen LogP contribution < -0.4 is 10.6 Å². The normalized spacial score (nSPS) is 9.96. The zero-order valence-corrected chi connectivity index (χ0v) is 13.6. The Hall–Kier alpha value is -2.69. The Morgan fingerprint density at radius 3 is 2.30 bits per heavy atom. The highest BCUT2D eigenvalue weighted by atomic mass is 127. The van der Waals surface area contributed by atoms with Gasteiger partial charge in [0.25, 0.3) is 5.69 Å². The predicted octanol–water partition coefficient (Wildman–Crippen LogP) is 3.54. The highest BCUT2D eigenvalue weighted by molar-refractivity contribution is 14.1. The molecule has 0 radical (unpaired) electrons. The van der Waals surface area contributed by atoms with E-state index in [4.69, 9.17) is 5.11 Å². The van der Waals surface area contributed by atoms with E-state index in [0.29, 0.717) is 5.69 Å². The molecule has 2 aromatic rings. The van der Waals surface area contributed by atoms with Gasteiger partial charge in [-0.25, -0.2) is 9.59 Å². The number of amides is 2. The number of hydrogen-bond acceptors (Lipinski definition) is 4. The molecule has 0 atom stereocenters. The van der Waals surface area contributed by atoms with Gasteiger partial charge < -0.3 is 15.7 Å². The third-order valence-electron chi connectivity index (χ3n) is 2.80. The van der Waals surface area contributed by atoms with Gasteiger partial charge >= 0.3 is 12.0 Å². The van der Waals surface area contributed by atoms with Crippen molar-refractivity contribution >= 4 is 51.7 Å². The van der Waals surface area contributed by atoms with Crippen molar-refractivity contribution in [2.24, 2.45) is 0 Å². The Kier molecular flexibility index (Phi) is 5.11. The van der Waals surface area contributed by atoms with Crippen LogP contribution in [0.4, 0.5) is 21.9 Å². The summed E-state index contributed by atoms with van der Waals surface area (Å²) in [6.45, 7) is 0. The number of urea groups is 1. The molecule has 0 heterocycles. The average molecular weight is 427 g/mol. The molecule has 23 heavy (non-hydrogen) atoms. The number of hydrogen-bond donors (Lipinski definition) is 3. The quantitative estimate of drug-likeness (QED) is 0.392. The fourth-order valence-corrected chi connectivity index (χ4v) is 2.24. The number of carboxylic acids is 1. The fraction of sp³-hybridized carbons (Fsp3) is 0. The topological polar surface area (TPSA) is 122 Å². The molecule has 0 aliphatic heterocycles. The van der Waals surface area contributed by atoms with E-state index >= 15 is 0 Å². The Bertz CT molecular complexity index is 776. The van der Waals surface area contributed by atoms with Gasteiger partial charge in [-0.3, -0.25) is 10.1 Å². The lowest BCUT2D eigenvalue weighted by Gasteiger charge is -2.10. The van der Waals surface area contributed by atoms with E-state index in [2.05, 4.69) is 10.6 Å². The maximum Gasteiger partial charge on any atom is 0.337 e. The van der Waals surface area contributed by atoms with Crippen LogP contribution in [0.3, 0.4) is 0 Å². The van der Waals surface area contributed by atoms with E-state index in [1.54, 1.807) is 6.07 Å². The van der Waals surface area contributed by atoms with Crippen molar-refractivity contribution < 1.29 is 19.6 Å². The van der Waals surface area contributed by atoms with Crippen LogP contribution in [0.1, 0.15) is 10.4 Å². The number of carboxylic acid groups (broad SMARTS) is 1. The van der Waals surface area contributed by atoms with E-state index in [1.807, 2.05) is 22.6 Å². The number of non-ortho nitro benzene ring substituents is 1. The highest BCUT2D eigenvalue weighted by Gasteiger charge is 2.13. The minimum absolute atomic E-state index is 0.0317. The lowest BCUT2D eigenvalue weighted by atomic mass is 10.2. The minimum atomic E-state index is -1.16. The number of nitro benzene ring substituents is 1. The Morgan fingerprint density at radius 1 is 1.09 bits per heavy atom. The molecule has 3 N–H and O–H groups in total. The summed E-state index contributed by atoms with van der Waals surface area (Å²) in [6, 6.07) is 9.20. The van der Waals surface area contributed by atoms with Crippen LogP contribution in [0.25, 0.3) is 0 Å². The van der Waals surface area contributed by atoms with Crippen LogP contribution >= 0.6 is 22.6 Å². The van der Waals surface area contributed by atoms with Crippen molar-refractivity contribution in [3.8, 4) is 0 Å². The van der Waals surface area contributed by atoms with E-state index in [1.165, 1.54) is 36.4 Å². The highest BCUT2D eigenvalue weighted by Crippen LogP contribution is 2.20. The van der Waals surface area contributed by atoms with Gasteiger partial charge in [0, 0.05) is 21.4 Å². The maximum atomic E-state index is 11.9. The first-order valence-electron chi connectivity index (χ1n) is 6.22. The fourth-order valence-electron chi connectivity index (χ4n) is 1.75. The molecule has 0 saturated heterocycles. The van der Waals surface area contributed by atoms with Crippen LogP contribution in [-0.2, 0) is 0 Å². The van der Waals surface area contributed by atoms with Crippen LogP contribution in [0.2, 0.25) is 0 Å². The molecule has 0 spiro atoms. The smallest absolute Gasteiger partial charge is 0.337 e. The largest absolute Gasteiger partial charge is 0.478 e. The molecule has 9 heteroatoms. The molecule has 2 amide bonds. The van der Waals surface area contributed by atoms with Crippen molar-refractivity contribution in [1.29, 1.82) is 0 Å². The molecule has 2 aromatic carbocycles. The van der Waals surface area contributed by atoms with Crippen LogP contribution in [0.15, 0.2) is 42.5 Å². The zero-order chi connectivity index (χ0) is 17.0. The maximum absolute atomic E-state index is 11.9. The lowest BCUT2D eigenvalue weighted by molar-refractivity contribution is -0.384. The summed E-state index contributed by atoms with van der Waals surface area (Å²) >= 11 is 1.97. The molecular formula is C14H10IN3O5. The van der Waals surface area contributed by atoms with Gasteiger partial charge in [-0.1, -0.05) is 0 Å². The van der Waals surface area contributed by atoms with Gasteiger partial charge in [0.05, 0.1) is 16.2 Å². The van der Waals surface area contributed by atoms with Gasteiger partial charge in [-0.05, 0) is 52.9 Å². The third kappa shape index (κ3) is 4.39. The van der Waals surface area contributed by atoms with E-state index in [-0.39, 0.29) is 16.9 Å². The van der Waals surface area contributed by atoms with Gasteiger partial charge in [-0.2, -0.15) is 0 Å². The Balaban J connectivity index is 2.11. The number of aromatic carboxylic acids is 1. The Labute approximate surface area is 143 Å². The second-order valence-corrected chi connectivity index (χ2v) is 5.62. The molecule has 0 aromatic heterocycles. The monoisotopic (exact) mass is 427 g/mol. The van der Waals surface area contributed by atoms with Gasteiger partial charge in [-0.15, -0.1) is 0 Å². The number of nitrogens with one attached hydrogen (secondary N) is 2. The number of benzene rings is 2. The number of nitro groups is 1. The summed E-state index contributed by atoms with van der Waals surface area (Å²) in [4.78, 5) is 33.1. The summed E-state index contributed by atoms with van der Waals surface area (Å²) in [7, 11) is 0. The lowest BCUT2D eigenvalue weighted by Crippen LogP contribution is -2.21. The third-order valence-corrected chi connectivity index (χ3v) is 3.47. The molecule has 0 aliphatic carbocycles. The number of rotatable bonds is 4. The van der Waals surface area contributed by atoms with E-state index in [9.17, 15) is 19.7 Å². The van der Waals surface area contributed by atoms with E-state index < -0.39 is 16.9 Å². The summed E-state index contributed by atoms with van der Waals surface area (Å²) in [5.74, 6) is -1.16. The van der Waals surface area contributed by atoms with Crippen molar-refractivity contribution in [3.63, 3.8) is 0 Å². The number of nitrogens with zero attached hydrogens (tertiary/aromatic N) is 1. The summed E-state index contributed by atoms with van der Waals surface area (Å²) in [6.07, 6.45) is 0. The first-order valence-corrected chi connectivity index (χ1v) is 7.30. The van der Waals surface area contributed by atoms with Gasteiger partial charge in [0.1, 0.15) is 0 Å². The van der Waals surface area contributed by atoms with Crippen LogP contribution in [-0.4, -0.2) is 22.0 Å². The molecular weight excluding hydrogens is 417 g/mol. The molecule has 0 aliphatic rings. The molecule has 8 nitrogen and oxygen atoms in total. The number of carbonyl (C=O) groups is 2. The van der Waals surface area contributed by atoms with Crippen LogP contribution in [0, 0.1) is 13.7 Å². The summed E-state index contributed by atoms with van der Waals surface area (Å²) < 4.78 is 0.723. The molecule has 0 unspecified atom stereocenters. The number of halogens is 1. The van der Waals surface area contributed by atoms with Crippen molar-refractivity contribution in [2.75, 3.05) is 10.6 Å². The number of anilines is 2. The first kappa shape index (κ1) is 16.7. The van der Waals surface area contributed by atoms with Gasteiger partial charge in [0.15, 0.2) is 0 Å².